The Hall–Kier alpha value is -1.28. The molecule has 2 heteroatoms. The molecule has 3 aliphatic carbocycles. The molecule has 2 saturated carbocycles. The molecule has 2 nitrogen and oxygen atoms in total. The summed E-state index contributed by atoms with van der Waals surface area (Å²) in [6.07, 6.45) is 9.11. The predicted octanol–water partition coefficient (Wildman–Crippen LogP) is 4.30. The maximum absolute atomic E-state index is 10.5. The first-order valence-electron chi connectivity index (χ1n) is 8.59. The number of allylic oxidation sites excluding steroid dienone is 1. The highest BCUT2D eigenvalue weighted by Gasteiger charge is 2.53. The first-order chi connectivity index (χ1) is 10.5. The molecule has 0 spiro atoms. The van der Waals surface area contributed by atoms with Crippen LogP contribution in [0.2, 0.25) is 0 Å². The van der Waals surface area contributed by atoms with Gasteiger partial charge in [0, 0.05) is 0 Å². The quantitative estimate of drug-likeness (QED) is 0.837. The van der Waals surface area contributed by atoms with Gasteiger partial charge in [-0.2, -0.15) is 0 Å². The van der Waals surface area contributed by atoms with Gasteiger partial charge in [-0.25, -0.2) is 0 Å². The fourth-order valence-electron chi connectivity index (χ4n) is 5.54. The molecule has 1 aromatic carbocycles. The van der Waals surface area contributed by atoms with Crippen LogP contribution in [0.5, 0.6) is 5.75 Å². The lowest BCUT2D eigenvalue weighted by Gasteiger charge is -2.48. The molecule has 0 aromatic heterocycles. The van der Waals surface area contributed by atoms with Crippen molar-refractivity contribution in [3.05, 3.63) is 34.9 Å². The molecule has 5 atom stereocenters. The molecule has 2 fully saturated rings. The van der Waals surface area contributed by atoms with Gasteiger partial charge in [-0.3, -0.25) is 0 Å². The van der Waals surface area contributed by atoms with Crippen LogP contribution in [0.25, 0.3) is 6.08 Å². The molecule has 1 N–H and O–H groups in total. The number of aliphatic hydroxyl groups is 1. The van der Waals surface area contributed by atoms with E-state index in [0.717, 1.165) is 18.6 Å². The lowest BCUT2D eigenvalue weighted by molar-refractivity contribution is -0.00803. The lowest BCUT2D eigenvalue weighted by atomic mass is 9.56. The number of aryl methyl sites for hydroxylation is 1. The lowest BCUT2D eigenvalue weighted by Crippen LogP contribution is -2.42. The number of ether oxygens (including phenoxy) is 1. The van der Waals surface area contributed by atoms with E-state index in [2.05, 4.69) is 38.1 Å². The molecule has 0 unspecified atom stereocenters. The average molecular weight is 298 g/mol. The van der Waals surface area contributed by atoms with Gasteiger partial charge in [0.2, 0.25) is 0 Å². The first-order valence-corrected chi connectivity index (χ1v) is 8.59. The molecule has 0 amide bonds. The topological polar surface area (TPSA) is 29.5 Å². The van der Waals surface area contributed by atoms with E-state index in [-0.39, 0.29) is 11.5 Å². The second kappa shape index (κ2) is 4.86. The maximum atomic E-state index is 10.5. The minimum atomic E-state index is -0.106. The molecular weight excluding hydrogens is 272 g/mol. The SMILES string of the molecule is COc1cc(C)c2c(c1)C=C[C@@H]1[C@@H]2CC[C@]2(C)[C@H](O)CC[C@@H]12. The van der Waals surface area contributed by atoms with Crippen LogP contribution in [0.4, 0.5) is 0 Å². The molecule has 1 aromatic rings. The Bertz CT molecular complexity index is 633. The number of benzene rings is 1. The first kappa shape index (κ1) is 14.3. The summed E-state index contributed by atoms with van der Waals surface area (Å²) in [6.45, 7) is 4.53. The minimum Gasteiger partial charge on any atom is -0.497 e. The zero-order valence-electron chi connectivity index (χ0n) is 13.8. The Kier molecular flexibility index (Phi) is 3.16. The number of fused-ring (bicyclic) bond motifs is 5. The number of aliphatic hydroxyl groups excluding tert-OH is 1. The smallest absolute Gasteiger partial charge is 0.119 e. The second-order valence-corrected chi connectivity index (χ2v) is 7.73. The van der Waals surface area contributed by atoms with E-state index in [4.69, 9.17) is 4.74 Å². The summed E-state index contributed by atoms with van der Waals surface area (Å²) in [5, 5.41) is 10.5. The fraction of sp³-hybridized carbons (Fsp3) is 0.600. The summed E-state index contributed by atoms with van der Waals surface area (Å²) in [5.74, 6) is 2.80. The average Bonchev–Trinajstić information content (AvgIpc) is 2.82. The van der Waals surface area contributed by atoms with Crippen molar-refractivity contribution in [2.45, 2.75) is 51.6 Å². The number of methoxy groups -OCH3 is 1. The van der Waals surface area contributed by atoms with E-state index in [9.17, 15) is 5.11 Å². The summed E-state index contributed by atoms with van der Waals surface area (Å²) in [7, 11) is 1.74. The van der Waals surface area contributed by atoms with E-state index in [1.54, 1.807) is 7.11 Å². The van der Waals surface area contributed by atoms with Gasteiger partial charge in [0.05, 0.1) is 13.2 Å². The van der Waals surface area contributed by atoms with Crippen LogP contribution in [0.3, 0.4) is 0 Å². The van der Waals surface area contributed by atoms with E-state index in [1.807, 2.05) is 0 Å². The maximum Gasteiger partial charge on any atom is 0.119 e. The van der Waals surface area contributed by atoms with Crippen molar-refractivity contribution in [1.29, 1.82) is 0 Å². The number of hydrogen-bond acceptors (Lipinski definition) is 2. The van der Waals surface area contributed by atoms with Crippen LogP contribution in [-0.2, 0) is 0 Å². The zero-order valence-corrected chi connectivity index (χ0v) is 13.8. The van der Waals surface area contributed by atoms with Crippen molar-refractivity contribution in [3.8, 4) is 5.75 Å². The van der Waals surface area contributed by atoms with Gasteiger partial charge in [0.25, 0.3) is 0 Å². The Morgan fingerprint density at radius 1 is 1.23 bits per heavy atom. The van der Waals surface area contributed by atoms with Crippen LogP contribution in [0, 0.1) is 24.2 Å². The van der Waals surface area contributed by atoms with E-state index >= 15 is 0 Å². The second-order valence-electron chi connectivity index (χ2n) is 7.73. The molecule has 0 radical (unpaired) electrons. The molecule has 0 aliphatic heterocycles. The third-order valence-electron chi connectivity index (χ3n) is 6.78. The number of rotatable bonds is 1. The molecular formula is C20H26O2. The summed E-state index contributed by atoms with van der Waals surface area (Å²) < 4.78 is 5.43. The van der Waals surface area contributed by atoms with Gasteiger partial charge >= 0.3 is 0 Å². The van der Waals surface area contributed by atoms with Crippen molar-refractivity contribution in [1.82, 2.24) is 0 Å². The van der Waals surface area contributed by atoms with Crippen LogP contribution in [0.15, 0.2) is 18.2 Å². The third kappa shape index (κ3) is 1.83. The molecule has 118 valence electrons. The summed E-state index contributed by atoms with van der Waals surface area (Å²) in [5.41, 5.74) is 4.34. The summed E-state index contributed by atoms with van der Waals surface area (Å²) >= 11 is 0. The van der Waals surface area contributed by atoms with Crippen molar-refractivity contribution >= 4 is 6.08 Å². The normalized spacial score (nSPS) is 39.1. The molecule has 4 rings (SSSR count). The van der Waals surface area contributed by atoms with Crippen molar-refractivity contribution < 1.29 is 9.84 Å². The van der Waals surface area contributed by atoms with Gasteiger partial charge in [0.15, 0.2) is 0 Å². The molecule has 0 saturated heterocycles. The number of hydrogen-bond donors (Lipinski definition) is 1. The van der Waals surface area contributed by atoms with Crippen LogP contribution in [0.1, 0.15) is 55.2 Å². The fourth-order valence-corrected chi connectivity index (χ4v) is 5.54. The van der Waals surface area contributed by atoms with Gasteiger partial charge in [-0.15, -0.1) is 0 Å². The summed E-state index contributed by atoms with van der Waals surface area (Å²) in [6, 6.07) is 4.35. The van der Waals surface area contributed by atoms with E-state index < -0.39 is 0 Å². The monoisotopic (exact) mass is 298 g/mol. The van der Waals surface area contributed by atoms with E-state index in [0.29, 0.717) is 17.8 Å². The van der Waals surface area contributed by atoms with Crippen LogP contribution in [-0.4, -0.2) is 18.3 Å². The standard InChI is InChI=1S/C20H26O2/c1-12-10-14(22-3)11-13-4-5-15-16(19(12)13)8-9-20(2)17(15)6-7-18(20)21/h4-5,10-11,15-18,21H,6-9H2,1-3H3/t15-,16+,17+,18-,20+/m1/s1. The highest BCUT2D eigenvalue weighted by Crippen LogP contribution is 2.60. The van der Waals surface area contributed by atoms with E-state index in [1.165, 1.54) is 29.5 Å². The Balaban J connectivity index is 1.77. The Morgan fingerprint density at radius 3 is 2.82 bits per heavy atom. The van der Waals surface area contributed by atoms with Gasteiger partial charge in [0.1, 0.15) is 5.75 Å². The van der Waals surface area contributed by atoms with Crippen LogP contribution < -0.4 is 4.74 Å². The highest BCUT2D eigenvalue weighted by atomic mass is 16.5. The largest absolute Gasteiger partial charge is 0.497 e. The summed E-state index contributed by atoms with van der Waals surface area (Å²) in [4.78, 5) is 0. The van der Waals surface area contributed by atoms with Gasteiger partial charge in [-0.1, -0.05) is 19.1 Å². The van der Waals surface area contributed by atoms with Crippen LogP contribution >= 0.6 is 0 Å². The Labute approximate surface area is 133 Å². The molecule has 0 heterocycles. The Morgan fingerprint density at radius 2 is 2.05 bits per heavy atom. The van der Waals surface area contributed by atoms with Crippen molar-refractivity contribution in [2.75, 3.05) is 7.11 Å². The molecule has 3 aliphatic rings. The third-order valence-corrected chi connectivity index (χ3v) is 6.78. The van der Waals surface area contributed by atoms with Gasteiger partial charge < -0.3 is 9.84 Å². The van der Waals surface area contributed by atoms with Crippen molar-refractivity contribution in [2.24, 2.45) is 17.3 Å². The van der Waals surface area contributed by atoms with Crippen molar-refractivity contribution in [3.63, 3.8) is 0 Å². The van der Waals surface area contributed by atoms with Gasteiger partial charge in [-0.05, 0) is 84.6 Å². The highest BCUT2D eigenvalue weighted by molar-refractivity contribution is 5.63. The molecule has 0 bridgehead atoms. The molecule has 22 heavy (non-hydrogen) atoms. The predicted molar refractivity (Wildman–Crippen MR) is 89.1 cm³/mol. The minimum absolute atomic E-state index is 0.106. The zero-order chi connectivity index (χ0) is 15.5.